The van der Waals surface area contributed by atoms with Gasteiger partial charge in [0.1, 0.15) is 5.75 Å². The van der Waals surface area contributed by atoms with Crippen LogP contribution in [0.5, 0.6) is 5.75 Å². The van der Waals surface area contributed by atoms with E-state index in [9.17, 15) is 9.90 Å². The molecular formula is C15H16N2O2. The highest BCUT2D eigenvalue weighted by molar-refractivity contribution is 6.08. The molecule has 4 heteroatoms. The molecule has 0 spiro atoms. The van der Waals surface area contributed by atoms with Crippen LogP contribution in [-0.4, -0.2) is 11.0 Å². The summed E-state index contributed by atoms with van der Waals surface area (Å²) in [7, 11) is 0. The van der Waals surface area contributed by atoms with E-state index in [2.05, 4.69) is 5.32 Å². The number of aryl methyl sites for hydroxylation is 2. The number of benzene rings is 2. The standard InChI is InChI=1S/C15H16N2O2/c1-9-5-10(2)7-11(6-9)17-15(19)13-8-12(18)3-4-14(13)16/h3-8,18H,16H2,1-2H3,(H,17,19). The molecule has 98 valence electrons. The van der Waals surface area contributed by atoms with Crippen LogP contribution in [0.15, 0.2) is 36.4 Å². The van der Waals surface area contributed by atoms with Crippen molar-refractivity contribution >= 4 is 17.3 Å². The van der Waals surface area contributed by atoms with E-state index in [1.165, 1.54) is 18.2 Å². The third-order valence-electron chi connectivity index (χ3n) is 2.76. The number of amides is 1. The Morgan fingerprint density at radius 3 is 2.37 bits per heavy atom. The Kier molecular flexibility index (Phi) is 3.42. The van der Waals surface area contributed by atoms with Gasteiger partial charge in [-0.25, -0.2) is 0 Å². The summed E-state index contributed by atoms with van der Waals surface area (Å²) in [4.78, 5) is 12.1. The summed E-state index contributed by atoms with van der Waals surface area (Å²) in [6.07, 6.45) is 0. The molecule has 1 amide bonds. The third kappa shape index (κ3) is 3.04. The van der Waals surface area contributed by atoms with Crippen molar-refractivity contribution in [2.24, 2.45) is 0 Å². The largest absolute Gasteiger partial charge is 0.508 e. The highest BCUT2D eigenvalue weighted by Gasteiger charge is 2.11. The number of carbonyl (C=O) groups is 1. The van der Waals surface area contributed by atoms with Crippen LogP contribution in [0.25, 0.3) is 0 Å². The molecule has 0 fully saturated rings. The van der Waals surface area contributed by atoms with E-state index >= 15 is 0 Å². The third-order valence-corrected chi connectivity index (χ3v) is 2.76. The lowest BCUT2D eigenvalue weighted by Crippen LogP contribution is -2.14. The van der Waals surface area contributed by atoms with Gasteiger partial charge in [-0.05, 0) is 55.3 Å². The zero-order valence-corrected chi connectivity index (χ0v) is 10.9. The molecule has 0 radical (unpaired) electrons. The van der Waals surface area contributed by atoms with Gasteiger partial charge in [0.2, 0.25) is 0 Å². The lowest BCUT2D eigenvalue weighted by atomic mass is 10.1. The Morgan fingerprint density at radius 2 is 1.74 bits per heavy atom. The van der Waals surface area contributed by atoms with Gasteiger partial charge in [0.25, 0.3) is 5.91 Å². The molecule has 0 aliphatic rings. The Labute approximate surface area is 111 Å². The predicted octanol–water partition coefficient (Wildman–Crippen LogP) is 2.84. The highest BCUT2D eigenvalue weighted by atomic mass is 16.3. The number of phenols is 1. The second-order valence-corrected chi connectivity index (χ2v) is 4.60. The molecule has 4 N–H and O–H groups in total. The number of aromatic hydroxyl groups is 1. The van der Waals surface area contributed by atoms with Crippen molar-refractivity contribution in [3.63, 3.8) is 0 Å². The normalized spacial score (nSPS) is 10.2. The average molecular weight is 256 g/mol. The zero-order valence-electron chi connectivity index (χ0n) is 10.9. The Balaban J connectivity index is 2.28. The van der Waals surface area contributed by atoms with Gasteiger partial charge < -0.3 is 16.2 Å². The fraction of sp³-hybridized carbons (Fsp3) is 0.133. The van der Waals surface area contributed by atoms with Gasteiger partial charge in [0.05, 0.1) is 5.56 Å². The first-order chi connectivity index (χ1) is 8.95. The molecule has 2 rings (SSSR count). The van der Waals surface area contributed by atoms with Crippen molar-refractivity contribution < 1.29 is 9.90 Å². The Bertz CT molecular complexity index is 616. The second-order valence-electron chi connectivity index (χ2n) is 4.60. The summed E-state index contributed by atoms with van der Waals surface area (Å²) in [6, 6.07) is 10.1. The first-order valence-electron chi connectivity index (χ1n) is 5.94. The Hall–Kier alpha value is -2.49. The summed E-state index contributed by atoms with van der Waals surface area (Å²) in [5, 5.41) is 12.2. The molecular weight excluding hydrogens is 240 g/mol. The molecule has 0 aromatic heterocycles. The number of phenolic OH excluding ortho intramolecular Hbond substituents is 1. The number of rotatable bonds is 2. The molecule has 0 unspecified atom stereocenters. The number of hydrogen-bond acceptors (Lipinski definition) is 3. The summed E-state index contributed by atoms with van der Waals surface area (Å²) >= 11 is 0. The highest BCUT2D eigenvalue weighted by Crippen LogP contribution is 2.21. The number of anilines is 2. The van der Waals surface area contributed by atoms with Crippen LogP contribution >= 0.6 is 0 Å². The van der Waals surface area contributed by atoms with Crippen LogP contribution in [0.2, 0.25) is 0 Å². The van der Waals surface area contributed by atoms with E-state index in [0.29, 0.717) is 11.4 Å². The topological polar surface area (TPSA) is 75.3 Å². The van der Waals surface area contributed by atoms with Crippen LogP contribution < -0.4 is 11.1 Å². The number of carbonyl (C=O) groups excluding carboxylic acids is 1. The maximum absolute atomic E-state index is 12.1. The predicted molar refractivity (Wildman–Crippen MR) is 76.4 cm³/mol. The van der Waals surface area contributed by atoms with Crippen molar-refractivity contribution in [1.82, 2.24) is 0 Å². The van der Waals surface area contributed by atoms with Crippen molar-refractivity contribution in [2.75, 3.05) is 11.1 Å². The molecule has 0 aliphatic heterocycles. The van der Waals surface area contributed by atoms with Gasteiger partial charge >= 0.3 is 0 Å². The van der Waals surface area contributed by atoms with Gasteiger partial charge in [0.15, 0.2) is 0 Å². The molecule has 4 nitrogen and oxygen atoms in total. The molecule has 0 heterocycles. The molecule has 0 bridgehead atoms. The summed E-state index contributed by atoms with van der Waals surface area (Å²) in [5.41, 5.74) is 9.18. The summed E-state index contributed by atoms with van der Waals surface area (Å²) < 4.78 is 0. The fourth-order valence-electron chi connectivity index (χ4n) is 1.99. The lowest BCUT2D eigenvalue weighted by Gasteiger charge is -2.09. The average Bonchev–Trinajstić information content (AvgIpc) is 2.30. The molecule has 0 saturated heterocycles. The lowest BCUT2D eigenvalue weighted by molar-refractivity contribution is 0.102. The number of nitrogens with two attached hydrogens (primary N) is 1. The van der Waals surface area contributed by atoms with Crippen LogP contribution in [-0.2, 0) is 0 Å². The summed E-state index contributed by atoms with van der Waals surface area (Å²) in [6.45, 7) is 3.93. The van der Waals surface area contributed by atoms with E-state index in [-0.39, 0.29) is 17.2 Å². The van der Waals surface area contributed by atoms with Crippen molar-refractivity contribution in [2.45, 2.75) is 13.8 Å². The number of hydrogen-bond donors (Lipinski definition) is 3. The van der Waals surface area contributed by atoms with E-state index in [1.807, 2.05) is 32.0 Å². The number of nitrogens with one attached hydrogen (secondary N) is 1. The molecule has 0 saturated carbocycles. The van der Waals surface area contributed by atoms with Crippen molar-refractivity contribution in [1.29, 1.82) is 0 Å². The minimum atomic E-state index is -0.335. The minimum absolute atomic E-state index is 0.0137. The van der Waals surface area contributed by atoms with Gasteiger partial charge in [-0.1, -0.05) is 6.07 Å². The van der Waals surface area contributed by atoms with Crippen molar-refractivity contribution in [3.8, 4) is 5.75 Å². The van der Waals surface area contributed by atoms with Crippen molar-refractivity contribution in [3.05, 3.63) is 53.1 Å². The number of nitrogen functional groups attached to an aromatic ring is 1. The maximum Gasteiger partial charge on any atom is 0.257 e. The van der Waals surface area contributed by atoms with E-state index < -0.39 is 0 Å². The van der Waals surface area contributed by atoms with Crippen LogP contribution in [0.4, 0.5) is 11.4 Å². The van der Waals surface area contributed by atoms with Gasteiger partial charge in [-0.15, -0.1) is 0 Å². The smallest absolute Gasteiger partial charge is 0.257 e. The van der Waals surface area contributed by atoms with E-state index in [0.717, 1.165) is 11.1 Å². The molecule has 0 atom stereocenters. The maximum atomic E-state index is 12.1. The van der Waals surface area contributed by atoms with E-state index in [4.69, 9.17) is 5.73 Å². The van der Waals surface area contributed by atoms with Crippen LogP contribution in [0.3, 0.4) is 0 Å². The monoisotopic (exact) mass is 256 g/mol. The zero-order chi connectivity index (χ0) is 14.0. The van der Waals surface area contributed by atoms with Crippen LogP contribution in [0, 0.1) is 13.8 Å². The van der Waals surface area contributed by atoms with Crippen LogP contribution in [0.1, 0.15) is 21.5 Å². The second kappa shape index (κ2) is 5.02. The summed E-state index contributed by atoms with van der Waals surface area (Å²) in [5.74, 6) is -0.321. The molecule has 2 aromatic rings. The van der Waals surface area contributed by atoms with Gasteiger partial charge in [-0.2, -0.15) is 0 Å². The first kappa shape index (κ1) is 13.0. The first-order valence-corrected chi connectivity index (χ1v) is 5.94. The Morgan fingerprint density at radius 1 is 1.11 bits per heavy atom. The molecule has 0 aliphatic carbocycles. The van der Waals surface area contributed by atoms with Gasteiger partial charge in [-0.3, -0.25) is 4.79 Å². The molecule has 19 heavy (non-hydrogen) atoms. The quantitative estimate of drug-likeness (QED) is 0.571. The van der Waals surface area contributed by atoms with Gasteiger partial charge in [0, 0.05) is 11.4 Å². The minimum Gasteiger partial charge on any atom is -0.508 e. The molecule has 2 aromatic carbocycles. The SMILES string of the molecule is Cc1cc(C)cc(NC(=O)c2cc(O)ccc2N)c1. The van der Waals surface area contributed by atoms with E-state index in [1.54, 1.807) is 0 Å². The fourth-order valence-corrected chi connectivity index (χ4v) is 1.99.